The van der Waals surface area contributed by atoms with E-state index in [0.717, 1.165) is 10.2 Å². The minimum absolute atomic E-state index is 0.517. The van der Waals surface area contributed by atoms with E-state index in [2.05, 4.69) is 31.3 Å². The molecule has 17 heavy (non-hydrogen) atoms. The fourth-order valence-corrected chi connectivity index (χ4v) is 1.79. The second-order valence-electron chi connectivity index (χ2n) is 3.27. The van der Waals surface area contributed by atoms with Gasteiger partial charge in [-0.2, -0.15) is 0 Å². The van der Waals surface area contributed by atoms with Crippen molar-refractivity contribution in [2.75, 3.05) is 0 Å². The van der Waals surface area contributed by atoms with Crippen LogP contribution in [-0.4, -0.2) is 10.8 Å². The molecule has 5 heteroatoms. The lowest BCUT2D eigenvalue weighted by Crippen LogP contribution is -2.31. The van der Waals surface area contributed by atoms with E-state index in [9.17, 15) is 0 Å². The topological polar surface area (TPSA) is 63.3 Å². The van der Waals surface area contributed by atoms with E-state index >= 15 is 0 Å². The monoisotopic (exact) mass is 290 g/mol. The molecular weight excluding hydrogens is 280 g/mol. The van der Waals surface area contributed by atoms with Crippen molar-refractivity contribution in [2.45, 2.75) is 0 Å². The van der Waals surface area contributed by atoms with E-state index in [-0.39, 0.29) is 0 Å². The van der Waals surface area contributed by atoms with Gasteiger partial charge in [0.15, 0.2) is 5.84 Å². The highest BCUT2D eigenvalue weighted by molar-refractivity contribution is 9.10. The van der Waals surface area contributed by atoms with E-state index in [1.165, 1.54) is 0 Å². The lowest BCUT2D eigenvalue weighted by atomic mass is 10.3. The van der Waals surface area contributed by atoms with Crippen molar-refractivity contribution in [3.05, 3.63) is 58.8 Å². The Morgan fingerprint density at radius 1 is 1.18 bits per heavy atom. The maximum Gasteiger partial charge on any atom is 0.167 e. The Hall–Kier alpha value is -1.72. The van der Waals surface area contributed by atoms with E-state index in [0.29, 0.717) is 11.5 Å². The van der Waals surface area contributed by atoms with Crippen molar-refractivity contribution in [1.29, 1.82) is 0 Å². The van der Waals surface area contributed by atoms with Gasteiger partial charge in [-0.05, 0) is 40.2 Å². The van der Waals surface area contributed by atoms with Crippen LogP contribution < -0.4 is 11.3 Å². The number of halogens is 1. The second-order valence-corrected chi connectivity index (χ2v) is 4.13. The summed E-state index contributed by atoms with van der Waals surface area (Å²) in [5, 5.41) is 0. The third-order valence-electron chi connectivity index (χ3n) is 2.12. The van der Waals surface area contributed by atoms with Crippen LogP contribution in [0, 0.1) is 0 Å². The van der Waals surface area contributed by atoms with E-state index < -0.39 is 0 Å². The van der Waals surface area contributed by atoms with Crippen LogP contribution in [0.4, 0.5) is 5.69 Å². The third-order valence-corrected chi connectivity index (χ3v) is 2.76. The maximum atomic E-state index is 5.48. The van der Waals surface area contributed by atoms with Crippen LogP contribution in [0.3, 0.4) is 0 Å². The number of hydrogen-bond donors (Lipinski definition) is 2. The molecule has 1 aromatic carbocycles. The predicted molar refractivity (Wildman–Crippen MR) is 71.9 cm³/mol. The van der Waals surface area contributed by atoms with E-state index in [1.807, 2.05) is 42.5 Å². The zero-order valence-corrected chi connectivity index (χ0v) is 10.6. The Bertz CT molecular complexity index is 525. The summed E-state index contributed by atoms with van der Waals surface area (Å²) in [7, 11) is 0. The molecule has 0 radical (unpaired) electrons. The number of aliphatic imine (C=N–C) groups is 1. The Balaban J connectivity index is 2.41. The molecule has 86 valence electrons. The molecule has 0 atom stereocenters. The minimum Gasteiger partial charge on any atom is -0.307 e. The first-order chi connectivity index (χ1) is 8.31. The number of pyridine rings is 1. The van der Waals surface area contributed by atoms with Crippen LogP contribution in [0.1, 0.15) is 5.69 Å². The lowest BCUT2D eigenvalue weighted by Gasteiger charge is -2.06. The van der Waals surface area contributed by atoms with Crippen LogP contribution in [0.2, 0.25) is 0 Å². The molecule has 0 fully saturated rings. The molecule has 0 bridgehead atoms. The first-order valence-electron chi connectivity index (χ1n) is 5.02. The molecule has 0 amide bonds. The first kappa shape index (κ1) is 11.8. The first-order valence-corrected chi connectivity index (χ1v) is 5.82. The lowest BCUT2D eigenvalue weighted by molar-refractivity contribution is 1.01. The van der Waals surface area contributed by atoms with Crippen molar-refractivity contribution in [3.63, 3.8) is 0 Å². The molecule has 0 spiro atoms. The van der Waals surface area contributed by atoms with Gasteiger partial charge in [0, 0.05) is 10.7 Å². The highest BCUT2D eigenvalue weighted by Crippen LogP contribution is 2.16. The number of hydrogen-bond acceptors (Lipinski definition) is 3. The number of benzene rings is 1. The number of hydrazine groups is 1. The van der Waals surface area contributed by atoms with Gasteiger partial charge in [-0.3, -0.25) is 4.98 Å². The van der Waals surface area contributed by atoms with Gasteiger partial charge in [-0.1, -0.05) is 18.2 Å². The molecule has 1 aromatic heterocycles. The average molecular weight is 291 g/mol. The Kier molecular flexibility index (Phi) is 3.85. The van der Waals surface area contributed by atoms with Gasteiger partial charge in [0.05, 0.1) is 5.69 Å². The molecule has 0 unspecified atom stereocenters. The summed E-state index contributed by atoms with van der Waals surface area (Å²) >= 11 is 3.41. The van der Waals surface area contributed by atoms with Gasteiger partial charge in [0.2, 0.25) is 0 Å². The van der Waals surface area contributed by atoms with Gasteiger partial charge in [-0.15, -0.1) is 0 Å². The highest BCUT2D eigenvalue weighted by Gasteiger charge is 2.07. The van der Waals surface area contributed by atoms with Crippen LogP contribution in [0.25, 0.3) is 0 Å². The molecule has 2 rings (SSSR count). The van der Waals surface area contributed by atoms with Gasteiger partial charge < -0.3 is 5.43 Å². The molecule has 3 N–H and O–H groups in total. The van der Waals surface area contributed by atoms with Crippen molar-refractivity contribution in [2.24, 2.45) is 10.8 Å². The Morgan fingerprint density at radius 2 is 1.94 bits per heavy atom. The van der Waals surface area contributed by atoms with Crippen molar-refractivity contribution in [1.82, 2.24) is 10.4 Å². The quantitative estimate of drug-likeness (QED) is 0.386. The van der Waals surface area contributed by atoms with Gasteiger partial charge in [0.25, 0.3) is 0 Å². The fourth-order valence-electron chi connectivity index (χ4n) is 1.35. The minimum atomic E-state index is 0.517. The third kappa shape index (κ3) is 2.89. The molecule has 4 nitrogen and oxygen atoms in total. The van der Waals surface area contributed by atoms with Crippen molar-refractivity contribution >= 4 is 27.5 Å². The Morgan fingerprint density at radius 3 is 2.59 bits per heavy atom. The normalized spacial score (nSPS) is 11.3. The zero-order chi connectivity index (χ0) is 12.1. The molecule has 0 aliphatic carbocycles. The van der Waals surface area contributed by atoms with E-state index in [1.54, 1.807) is 6.20 Å². The molecular formula is C12H11BrN4. The summed E-state index contributed by atoms with van der Waals surface area (Å²) in [5.74, 6) is 6.00. The summed E-state index contributed by atoms with van der Waals surface area (Å²) in [5.41, 5.74) is 4.06. The summed E-state index contributed by atoms with van der Waals surface area (Å²) in [6, 6.07) is 13.3. The van der Waals surface area contributed by atoms with Gasteiger partial charge in [-0.25, -0.2) is 10.8 Å². The van der Waals surface area contributed by atoms with E-state index in [4.69, 9.17) is 5.84 Å². The molecule has 1 heterocycles. The van der Waals surface area contributed by atoms with Crippen molar-refractivity contribution in [3.8, 4) is 0 Å². The zero-order valence-electron chi connectivity index (χ0n) is 8.97. The molecule has 2 aromatic rings. The number of aromatic nitrogens is 1. The smallest absolute Gasteiger partial charge is 0.167 e. The average Bonchev–Trinajstić information content (AvgIpc) is 2.38. The summed E-state index contributed by atoms with van der Waals surface area (Å²) in [6.07, 6.45) is 1.69. The fraction of sp³-hybridized carbons (Fsp3) is 0. The van der Waals surface area contributed by atoms with Crippen LogP contribution >= 0.6 is 15.9 Å². The molecule has 0 saturated carbocycles. The SMILES string of the molecule is NNC(=Nc1ccccc1)c1ncccc1Br. The van der Waals surface area contributed by atoms with Gasteiger partial charge in [0.1, 0.15) is 5.69 Å². The summed E-state index contributed by atoms with van der Waals surface area (Å²) in [4.78, 5) is 8.62. The van der Waals surface area contributed by atoms with Crippen LogP contribution in [-0.2, 0) is 0 Å². The number of para-hydroxylation sites is 1. The summed E-state index contributed by atoms with van der Waals surface area (Å²) < 4.78 is 0.840. The van der Waals surface area contributed by atoms with Crippen LogP contribution in [0.5, 0.6) is 0 Å². The maximum absolute atomic E-state index is 5.48. The molecule has 0 aliphatic rings. The predicted octanol–water partition coefficient (Wildman–Crippen LogP) is 2.39. The number of nitrogens with one attached hydrogen (secondary N) is 1. The standard InChI is InChI=1S/C12H11BrN4/c13-10-7-4-8-15-11(10)12(17-14)16-9-5-2-1-3-6-9/h1-8H,14H2,(H,16,17). The number of amidine groups is 1. The second kappa shape index (κ2) is 5.56. The Labute approximate surface area is 108 Å². The summed E-state index contributed by atoms with van der Waals surface area (Å²) in [6.45, 7) is 0. The molecule has 0 saturated heterocycles. The number of nitrogens with two attached hydrogens (primary N) is 1. The van der Waals surface area contributed by atoms with Crippen molar-refractivity contribution < 1.29 is 0 Å². The largest absolute Gasteiger partial charge is 0.307 e. The number of rotatable bonds is 2. The van der Waals surface area contributed by atoms with Gasteiger partial charge >= 0.3 is 0 Å². The number of nitrogens with zero attached hydrogens (tertiary/aromatic N) is 2. The molecule has 0 aliphatic heterocycles. The van der Waals surface area contributed by atoms with Crippen LogP contribution in [0.15, 0.2) is 58.1 Å². The highest BCUT2D eigenvalue weighted by atomic mass is 79.9.